The second-order valence-corrected chi connectivity index (χ2v) is 4.15. The average Bonchev–Trinajstić information content (AvgIpc) is 2.37. The molecule has 1 aromatic heterocycles. The van der Waals surface area contributed by atoms with E-state index in [1.807, 2.05) is 0 Å². The number of hydrogen-bond donors (Lipinski definition) is 2. The Morgan fingerprint density at radius 2 is 2.08 bits per heavy atom. The highest BCUT2D eigenvalue weighted by Gasteiger charge is 2.13. The molecule has 0 saturated carbocycles. The number of sulfone groups is 1. The van der Waals surface area contributed by atoms with Gasteiger partial charge in [-0.25, -0.2) is 8.42 Å². The van der Waals surface area contributed by atoms with Crippen molar-refractivity contribution in [2.24, 2.45) is 5.73 Å². The van der Waals surface area contributed by atoms with Crippen LogP contribution in [0, 0.1) is 0 Å². The van der Waals surface area contributed by atoms with E-state index in [9.17, 15) is 8.42 Å². The number of H-pyrrole nitrogens is 1. The minimum absolute atomic E-state index is 0. The van der Waals surface area contributed by atoms with Gasteiger partial charge in [-0.15, -0.1) is 24.8 Å². The smallest absolute Gasteiger partial charge is 0.182 e. The van der Waals surface area contributed by atoms with E-state index in [1.165, 1.54) is 12.4 Å². The van der Waals surface area contributed by atoms with E-state index in [1.54, 1.807) is 0 Å². The Hall–Kier alpha value is -0.300. The number of nitrogens with zero attached hydrogens (tertiary/aromatic N) is 1. The third-order valence-corrected chi connectivity index (χ3v) is 2.93. The molecule has 0 unspecified atom stereocenters. The minimum Gasteiger partial charge on any atom is -0.329 e. The summed E-state index contributed by atoms with van der Waals surface area (Å²) in [4.78, 5) is 0.197. The van der Waals surface area contributed by atoms with Gasteiger partial charge in [-0.2, -0.15) is 5.10 Å². The first-order valence-electron chi connectivity index (χ1n) is 3.08. The van der Waals surface area contributed by atoms with Crippen molar-refractivity contribution in [2.75, 3.05) is 12.3 Å². The highest BCUT2D eigenvalue weighted by Crippen LogP contribution is 2.05. The van der Waals surface area contributed by atoms with Crippen LogP contribution in [0.1, 0.15) is 0 Å². The van der Waals surface area contributed by atoms with Gasteiger partial charge in [-0.3, -0.25) is 5.10 Å². The first-order valence-corrected chi connectivity index (χ1v) is 4.73. The van der Waals surface area contributed by atoms with Crippen molar-refractivity contribution in [1.29, 1.82) is 0 Å². The number of halogens is 2. The monoisotopic (exact) mass is 247 g/mol. The molecule has 0 aliphatic carbocycles. The SMILES string of the molecule is Cl.Cl.NCCS(=O)(=O)c1cn[nH]c1. The number of aromatic amines is 1. The Morgan fingerprint density at radius 3 is 2.46 bits per heavy atom. The molecule has 1 aromatic rings. The van der Waals surface area contributed by atoms with Crippen LogP contribution in [0.2, 0.25) is 0 Å². The predicted octanol–water partition coefficient (Wildman–Crippen LogP) is -0.0143. The molecule has 0 aliphatic rings. The van der Waals surface area contributed by atoms with Gasteiger partial charge in [0.25, 0.3) is 0 Å². The van der Waals surface area contributed by atoms with Gasteiger partial charge in [0.05, 0.1) is 11.9 Å². The third kappa shape index (κ3) is 3.95. The number of aromatic nitrogens is 2. The van der Waals surface area contributed by atoms with Crippen LogP contribution in [-0.2, 0) is 9.84 Å². The van der Waals surface area contributed by atoms with Crippen LogP contribution < -0.4 is 5.73 Å². The number of rotatable bonds is 3. The fourth-order valence-electron chi connectivity index (χ4n) is 0.682. The van der Waals surface area contributed by atoms with E-state index in [-0.39, 0.29) is 42.0 Å². The van der Waals surface area contributed by atoms with E-state index in [2.05, 4.69) is 10.2 Å². The molecule has 0 spiro atoms. The van der Waals surface area contributed by atoms with Gasteiger partial charge < -0.3 is 5.73 Å². The number of nitrogens with two attached hydrogens (primary N) is 1. The molecule has 0 fully saturated rings. The molecule has 0 bridgehead atoms. The van der Waals surface area contributed by atoms with Gasteiger partial charge in [-0.1, -0.05) is 0 Å². The highest BCUT2D eigenvalue weighted by molar-refractivity contribution is 7.91. The maximum Gasteiger partial charge on any atom is 0.182 e. The molecule has 0 amide bonds. The fourth-order valence-corrected chi connectivity index (χ4v) is 1.67. The summed E-state index contributed by atoms with van der Waals surface area (Å²) in [5.41, 5.74) is 5.11. The quantitative estimate of drug-likeness (QED) is 0.787. The van der Waals surface area contributed by atoms with Gasteiger partial charge in [0.15, 0.2) is 9.84 Å². The van der Waals surface area contributed by atoms with Crippen molar-refractivity contribution in [1.82, 2.24) is 10.2 Å². The van der Waals surface area contributed by atoms with Gasteiger partial charge in [0, 0.05) is 12.7 Å². The lowest BCUT2D eigenvalue weighted by atomic mass is 10.7. The Bertz CT molecular complexity index is 311. The van der Waals surface area contributed by atoms with Crippen LogP contribution in [0.25, 0.3) is 0 Å². The summed E-state index contributed by atoms with van der Waals surface area (Å²) in [5, 5.41) is 5.95. The Labute approximate surface area is 88.8 Å². The largest absolute Gasteiger partial charge is 0.329 e. The summed E-state index contributed by atoms with van der Waals surface area (Å²) in [6.07, 6.45) is 2.61. The highest BCUT2D eigenvalue weighted by atomic mass is 35.5. The molecule has 0 atom stereocenters. The summed E-state index contributed by atoms with van der Waals surface area (Å²) < 4.78 is 22.3. The van der Waals surface area contributed by atoms with Crippen molar-refractivity contribution in [3.05, 3.63) is 12.4 Å². The number of nitrogens with one attached hydrogen (secondary N) is 1. The summed E-state index contributed by atoms with van der Waals surface area (Å²) in [5.74, 6) is -0.0352. The summed E-state index contributed by atoms with van der Waals surface area (Å²) in [6, 6.07) is 0. The zero-order valence-corrected chi connectivity index (χ0v) is 9.08. The number of hydrogen-bond acceptors (Lipinski definition) is 4. The van der Waals surface area contributed by atoms with Crippen LogP contribution >= 0.6 is 24.8 Å². The van der Waals surface area contributed by atoms with E-state index in [0.717, 1.165) is 0 Å². The molecule has 1 heterocycles. The van der Waals surface area contributed by atoms with E-state index >= 15 is 0 Å². The zero-order valence-electron chi connectivity index (χ0n) is 6.63. The van der Waals surface area contributed by atoms with Gasteiger partial charge >= 0.3 is 0 Å². The Morgan fingerprint density at radius 1 is 1.46 bits per heavy atom. The summed E-state index contributed by atoms with van der Waals surface area (Å²) >= 11 is 0. The van der Waals surface area contributed by atoms with Crippen LogP contribution in [0.3, 0.4) is 0 Å². The van der Waals surface area contributed by atoms with Crippen molar-refractivity contribution in [3.8, 4) is 0 Å². The maximum absolute atomic E-state index is 11.2. The third-order valence-electron chi connectivity index (χ3n) is 1.22. The lowest BCUT2D eigenvalue weighted by molar-refractivity contribution is 0.596. The second-order valence-electron chi connectivity index (χ2n) is 2.04. The molecule has 1 rings (SSSR count). The van der Waals surface area contributed by atoms with Crippen LogP contribution in [-0.4, -0.2) is 30.9 Å². The fraction of sp³-hybridized carbons (Fsp3) is 0.400. The first kappa shape index (κ1) is 15.2. The van der Waals surface area contributed by atoms with Crippen LogP contribution in [0.4, 0.5) is 0 Å². The molecular weight excluding hydrogens is 237 g/mol. The molecule has 5 nitrogen and oxygen atoms in total. The standard InChI is InChI=1S/C5H9N3O2S.2ClH/c6-1-2-11(9,10)5-3-7-8-4-5;;/h3-4H,1-2,6H2,(H,7,8);2*1H. The van der Waals surface area contributed by atoms with Crippen molar-refractivity contribution in [2.45, 2.75) is 4.90 Å². The van der Waals surface area contributed by atoms with Crippen molar-refractivity contribution < 1.29 is 8.42 Å². The van der Waals surface area contributed by atoms with Gasteiger partial charge in [-0.05, 0) is 0 Å². The molecule has 0 radical (unpaired) electrons. The van der Waals surface area contributed by atoms with E-state index in [0.29, 0.717) is 0 Å². The summed E-state index contributed by atoms with van der Waals surface area (Å²) in [6.45, 7) is 0.132. The first-order chi connectivity index (χ1) is 5.17. The van der Waals surface area contributed by atoms with E-state index in [4.69, 9.17) is 5.73 Å². The van der Waals surface area contributed by atoms with Crippen LogP contribution in [0.15, 0.2) is 17.3 Å². The average molecular weight is 248 g/mol. The molecule has 0 aromatic carbocycles. The normalized spacial score (nSPS) is 9.92. The van der Waals surface area contributed by atoms with Crippen molar-refractivity contribution >= 4 is 34.7 Å². The van der Waals surface area contributed by atoms with Crippen molar-refractivity contribution in [3.63, 3.8) is 0 Å². The molecular formula is C5H11Cl2N3O2S. The second kappa shape index (κ2) is 6.20. The molecule has 78 valence electrons. The Kier molecular flexibility index (Phi) is 7.24. The Balaban J connectivity index is 0. The van der Waals surface area contributed by atoms with Gasteiger partial charge in [0.1, 0.15) is 4.90 Å². The molecule has 3 N–H and O–H groups in total. The lowest BCUT2D eigenvalue weighted by Gasteiger charge is -1.95. The lowest BCUT2D eigenvalue weighted by Crippen LogP contribution is -2.15. The summed E-state index contributed by atoms with van der Waals surface area (Å²) in [7, 11) is -3.19. The van der Waals surface area contributed by atoms with Crippen LogP contribution in [0.5, 0.6) is 0 Å². The molecule has 13 heavy (non-hydrogen) atoms. The molecule has 8 heteroatoms. The predicted molar refractivity (Wildman–Crippen MR) is 54.2 cm³/mol. The molecule has 0 aliphatic heterocycles. The van der Waals surface area contributed by atoms with E-state index < -0.39 is 9.84 Å². The topological polar surface area (TPSA) is 88.8 Å². The maximum atomic E-state index is 11.2. The minimum atomic E-state index is -3.19. The van der Waals surface area contributed by atoms with Gasteiger partial charge in [0.2, 0.25) is 0 Å². The zero-order chi connectivity index (χ0) is 8.32. The molecule has 0 saturated heterocycles.